The highest BCUT2D eigenvalue weighted by atomic mass is 16.6. The first-order chi connectivity index (χ1) is 18.5. The first kappa shape index (κ1) is 27.7. The number of benzene rings is 1. The van der Waals surface area contributed by atoms with Gasteiger partial charge < -0.3 is 24.5 Å². The predicted molar refractivity (Wildman–Crippen MR) is 153 cm³/mol. The van der Waals surface area contributed by atoms with Crippen molar-refractivity contribution in [3.8, 4) is 0 Å². The highest BCUT2D eigenvalue weighted by Gasteiger charge is 2.44. The van der Waals surface area contributed by atoms with Crippen LogP contribution in [0.4, 0.5) is 0 Å². The molecule has 0 spiro atoms. The second-order valence-corrected chi connectivity index (χ2v) is 12.2. The zero-order valence-electron chi connectivity index (χ0n) is 23.9. The quantitative estimate of drug-likeness (QED) is 0.275. The van der Waals surface area contributed by atoms with Gasteiger partial charge in [0.25, 0.3) is 0 Å². The van der Waals surface area contributed by atoms with Gasteiger partial charge in [-0.15, -0.1) is 0 Å². The number of fused-ring (bicyclic) bond motifs is 2. The maximum atomic E-state index is 10.9. The topological polar surface area (TPSA) is 112 Å². The van der Waals surface area contributed by atoms with Gasteiger partial charge in [0.05, 0.1) is 16.7 Å². The zero-order chi connectivity index (χ0) is 27.9. The number of aromatic amines is 1. The van der Waals surface area contributed by atoms with E-state index >= 15 is 0 Å². The standard InChI is InChI=1S/C30H42N6O3/c1-18(2)35(13-8-7-9-25-33-22-11-10-20(30(4,5)6)15-23(22)34-25)16-24-26(37)27(38)29(39-24)36-14-12-21-19(3)31-17-32-28(21)36/h10-12,14-15,17-18,24,26-27,29,37-38H,7-9,13,16H2,1-6H3,(H,33,34)/t24?,26-,27-,29-/m1/s1. The second-order valence-electron chi connectivity index (χ2n) is 12.2. The SMILES string of the molecule is Cc1ncnc2c1ccn2[C@@H]1OC(CN(CCCCc2nc3ccc(C(C)(C)C)cc3[nH]2)C(C)C)[C@@H](O)[C@H]1O. The van der Waals surface area contributed by atoms with Crippen molar-refractivity contribution in [2.45, 2.75) is 96.8 Å². The normalized spacial score (nSPS) is 22.2. The molecule has 5 rings (SSSR count). The molecule has 1 unspecified atom stereocenters. The second kappa shape index (κ2) is 11.0. The molecular formula is C30H42N6O3. The number of aryl methyl sites for hydroxylation is 2. The van der Waals surface area contributed by atoms with Crippen molar-refractivity contribution in [2.24, 2.45) is 0 Å². The first-order valence-corrected chi connectivity index (χ1v) is 14.1. The Morgan fingerprint density at radius 3 is 2.64 bits per heavy atom. The smallest absolute Gasteiger partial charge is 0.164 e. The molecular weight excluding hydrogens is 492 g/mol. The number of rotatable bonds is 9. The van der Waals surface area contributed by atoms with Crippen molar-refractivity contribution < 1.29 is 14.9 Å². The van der Waals surface area contributed by atoms with Crippen molar-refractivity contribution >= 4 is 22.1 Å². The van der Waals surface area contributed by atoms with Crippen LogP contribution in [0.5, 0.6) is 0 Å². The van der Waals surface area contributed by atoms with E-state index in [4.69, 9.17) is 9.72 Å². The van der Waals surface area contributed by atoms with Gasteiger partial charge in [0.2, 0.25) is 0 Å². The molecule has 1 aliphatic heterocycles. The molecule has 1 saturated heterocycles. The van der Waals surface area contributed by atoms with E-state index in [1.54, 1.807) is 4.57 Å². The summed E-state index contributed by atoms with van der Waals surface area (Å²) in [6, 6.07) is 8.69. The first-order valence-electron chi connectivity index (χ1n) is 14.1. The fourth-order valence-corrected chi connectivity index (χ4v) is 5.46. The molecule has 3 N–H and O–H groups in total. The third kappa shape index (κ3) is 5.72. The predicted octanol–water partition coefficient (Wildman–Crippen LogP) is 4.27. The molecule has 4 atom stereocenters. The Kier molecular flexibility index (Phi) is 7.79. The largest absolute Gasteiger partial charge is 0.387 e. The molecule has 4 aromatic rings. The third-order valence-electron chi connectivity index (χ3n) is 7.97. The van der Waals surface area contributed by atoms with Gasteiger partial charge in [-0.25, -0.2) is 15.0 Å². The summed E-state index contributed by atoms with van der Waals surface area (Å²) in [5.74, 6) is 1.02. The van der Waals surface area contributed by atoms with Crippen molar-refractivity contribution in [1.29, 1.82) is 0 Å². The van der Waals surface area contributed by atoms with Gasteiger partial charge in [-0.3, -0.25) is 4.90 Å². The fraction of sp³-hybridized carbons (Fsp3) is 0.567. The van der Waals surface area contributed by atoms with Crippen LogP contribution in [0.25, 0.3) is 22.1 Å². The Bertz CT molecular complexity index is 1420. The Morgan fingerprint density at radius 1 is 1.10 bits per heavy atom. The lowest BCUT2D eigenvalue weighted by molar-refractivity contribution is -0.0466. The Morgan fingerprint density at radius 2 is 1.90 bits per heavy atom. The molecule has 210 valence electrons. The van der Waals surface area contributed by atoms with Gasteiger partial charge in [-0.2, -0.15) is 0 Å². The number of nitrogens with one attached hydrogen (secondary N) is 1. The van der Waals surface area contributed by atoms with Crippen LogP contribution in [0.1, 0.15) is 70.8 Å². The van der Waals surface area contributed by atoms with Gasteiger partial charge in [0.1, 0.15) is 36.1 Å². The number of hydrogen-bond donors (Lipinski definition) is 3. The van der Waals surface area contributed by atoms with E-state index in [1.165, 1.54) is 11.9 Å². The lowest BCUT2D eigenvalue weighted by Crippen LogP contribution is -2.43. The van der Waals surface area contributed by atoms with Crippen molar-refractivity contribution in [2.75, 3.05) is 13.1 Å². The molecule has 0 bridgehead atoms. The van der Waals surface area contributed by atoms with E-state index in [0.29, 0.717) is 12.2 Å². The number of ether oxygens (including phenoxy) is 1. The molecule has 0 amide bonds. The van der Waals surface area contributed by atoms with Gasteiger partial charge in [-0.05, 0) is 69.3 Å². The van der Waals surface area contributed by atoms with Gasteiger partial charge in [0, 0.05) is 30.6 Å². The van der Waals surface area contributed by atoms with Crippen LogP contribution in [-0.4, -0.2) is 77.1 Å². The number of nitrogens with zero attached hydrogens (tertiary/aromatic N) is 5. The number of aliphatic hydroxyl groups is 2. The van der Waals surface area contributed by atoms with Gasteiger partial charge in [-0.1, -0.05) is 26.8 Å². The van der Waals surface area contributed by atoms with E-state index in [1.807, 2.05) is 19.2 Å². The number of aromatic nitrogens is 5. The Labute approximate surface area is 230 Å². The average Bonchev–Trinajstić information content (AvgIpc) is 3.57. The van der Waals surface area contributed by atoms with Crippen LogP contribution in [0.15, 0.2) is 36.8 Å². The fourth-order valence-electron chi connectivity index (χ4n) is 5.46. The van der Waals surface area contributed by atoms with E-state index in [-0.39, 0.29) is 11.5 Å². The van der Waals surface area contributed by atoms with E-state index in [0.717, 1.165) is 53.7 Å². The molecule has 0 radical (unpaired) electrons. The summed E-state index contributed by atoms with van der Waals surface area (Å²) in [5, 5.41) is 22.7. The van der Waals surface area contributed by atoms with E-state index < -0.39 is 24.5 Å². The number of unbranched alkanes of at least 4 members (excludes halogenated alkanes) is 1. The molecule has 39 heavy (non-hydrogen) atoms. The highest BCUT2D eigenvalue weighted by Crippen LogP contribution is 2.33. The number of aliphatic hydroxyl groups excluding tert-OH is 2. The molecule has 9 heteroatoms. The molecule has 4 heterocycles. The highest BCUT2D eigenvalue weighted by molar-refractivity contribution is 5.78. The number of H-pyrrole nitrogens is 1. The van der Waals surface area contributed by atoms with Crippen LogP contribution in [-0.2, 0) is 16.6 Å². The molecule has 0 saturated carbocycles. The average molecular weight is 535 g/mol. The maximum absolute atomic E-state index is 10.9. The van der Waals surface area contributed by atoms with Crippen LogP contribution < -0.4 is 0 Å². The molecule has 9 nitrogen and oxygen atoms in total. The summed E-state index contributed by atoms with van der Waals surface area (Å²) >= 11 is 0. The van der Waals surface area contributed by atoms with Crippen molar-refractivity contribution in [3.63, 3.8) is 0 Å². The molecule has 1 aromatic carbocycles. The van der Waals surface area contributed by atoms with Crippen LogP contribution in [0, 0.1) is 6.92 Å². The molecule has 3 aromatic heterocycles. The van der Waals surface area contributed by atoms with E-state index in [2.05, 4.69) is 72.7 Å². The summed E-state index contributed by atoms with van der Waals surface area (Å²) in [4.78, 5) is 19.2. The van der Waals surface area contributed by atoms with Crippen molar-refractivity contribution in [3.05, 3.63) is 53.9 Å². The van der Waals surface area contributed by atoms with Crippen molar-refractivity contribution in [1.82, 2.24) is 29.4 Å². The zero-order valence-corrected chi connectivity index (χ0v) is 23.9. The van der Waals surface area contributed by atoms with Crippen LogP contribution in [0.3, 0.4) is 0 Å². The lowest BCUT2D eigenvalue weighted by Gasteiger charge is -2.30. The maximum Gasteiger partial charge on any atom is 0.164 e. The minimum absolute atomic E-state index is 0.107. The molecule has 1 aliphatic rings. The number of hydrogen-bond acceptors (Lipinski definition) is 7. The summed E-state index contributed by atoms with van der Waals surface area (Å²) < 4.78 is 8.05. The molecule has 0 aliphatic carbocycles. The Balaban J connectivity index is 1.18. The van der Waals surface area contributed by atoms with Crippen LogP contribution in [0.2, 0.25) is 0 Å². The van der Waals surface area contributed by atoms with Crippen LogP contribution >= 0.6 is 0 Å². The Hall–Kier alpha value is -2.85. The third-order valence-corrected chi connectivity index (χ3v) is 7.97. The lowest BCUT2D eigenvalue weighted by atomic mass is 9.87. The summed E-state index contributed by atoms with van der Waals surface area (Å²) in [5.41, 5.74) is 5.08. The summed E-state index contributed by atoms with van der Waals surface area (Å²) in [7, 11) is 0. The van der Waals surface area contributed by atoms with E-state index in [9.17, 15) is 10.2 Å². The minimum Gasteiger partial charge on any atom is -0.387 e. The minimum atomic E-state index is -1.04. The van der Waals surface area contributed by atoms with Gasteiger partial charge >= 0.3 is 0 Å². The molecule has 1 fully saturated rings. The summed E-state index contributed by atoms with van der Waals surface area (Å²) in [6.07, 6.45) is 3.02. The number of imidazole rings is 1. The summed E-state index contributed by atoms with van der Waals surface area (Å²) in [6.45, 7) is 14.3. The monoisotopic (exact) mass is 534 g/mol. The van der Waals surface area contributed by atoms with Gasteiger partial charge in [0.15, 0.2) is 6.23 Å².